The fraction of sp³-hybridized carbons (Fsp3) is 0.0769. The zero-order valence-electron chi connectivity index (χ0n) is 10.2. The van der Waals surface area contributed by atoms with E-state index in [1.165, 1.54) is 25.1 Å². The average molecular weight is 319 g/mol. The van der Waals surface area contributed by atoms with Crippen molar-refractivity contribution in [2.24, 2.45) is 0 Å². The van der Waals surface area contributed by atoms with Crippen LogP contribution in [0.4, 0.5) is 8.78 Å². The molecule has 0 bridgehead atoms. The van der Waals surface area contributed by atoms with Gasteiger partial charge in [0.25, 0.3) is 9.05 Å². The molecule has 106 valence electrons. The summed E-state index contributed by atoms with van der Waals surface area (Å²) in [5, 5.41) is 0. The minimum atomic E-state index is -3.84. The van der Waals surface area contributed by atoms with Crippen LogP contribution >= 0.6 is 10.7 Å². The van der Waals surface area contributed by atoms with Crippen LogP contribution in [0.25, 0.3) is 0 Å². The van der Waals surface area contributed by atoms with Crippen molar-refractivity contribution >= 4 is 19.7 Å². The summed E-state index contributed by atoms with van der Waals surface area (Å²) < 4.78 is 53.9. The molecule has 0 aromatic heterocycles. The second-order valence-corrected chi connectivity index (χ2v) is 6.58. The smallest absolute Gasteiger partial charge is 0.261 e. The SMILES string of the molecule is Cc1cc(Oc2ccc(F)cc2F)ccc1S(=O)(=O)Cl. The van der Waals surface area contributed by atoms with Crippen LogP contribution < -0.4 is 4.74 Å². The lowest BCUT2D eigenvalue weighted by Crippen LogP contribution is -1.96. The first kappa shape index (κ1) is 14.7. The topological polar surface area (TPSA) is 43.4 Å². The van der Waals surface area contributed by atoms with Crippen LogP contribution in [0.15, 0.2) is 41.3 Å². The summed E-state index contributed by atoms with van der Waals surface area (Å²) >= 11 is 0. The molecule has 7 heteroatoms. The van der Waals surface area contributed by atoms with Gasteiger partial charge in [-0.25, -0.2) is 17.2 Å². The molecule has 0 aliphatic carbocycles. The normalized spacial score (nSPS) is 11.4. The van der Waals surface area contributed by atoms with E-state index in [2.05, 4.69) is 0 Å². The highest BCUT2D eigenvalue weighted by molar-refractivity contribution is 8.13. The predicted octanol–water partition coefficient (Wildman–Crippen LogP) is 3.99. The third-order valence-electron chi connectivity index (χ3n) is 2.53. The molecule has 0 saturated carbocycles. The van der Waals surface area contributed by atoms with Crippen LogP contribution in [0.1, 0.15) is 5.56 Å². The van der Waals surface area contributed by atoms with Gasteiger partial charge in [-0.05, 0) is 42.8 Å². The van der Waals surface area contributed by atoms with Crippen molar-refractivity contribution in [2.75, 3.05) is 0 Å². The standard InChI is InChI=1S/C13H9ClF2O3S/c1-8-6-10(3-5-13(8)20(14,17)18)19-12-4-2-9(15)7-11(12)16/h2-7H,1H3. The first-order valence-electron chi connectivity index (χ1n) is 5.45. The maximum Gasteiger partial charge on any atom is 0.261 e. The minimum absolute atomic E-state index is 0.0499. The fourth-order valence-corrected chi connectivity index (χ4v) is 2.84. The summed E-state index contributed by atoms with van der Waals surface area (Å²) in [7, 11) is 1.40. The average Bonchev–Trinajstić information content (AvgIpc) is 2.31. The molecule has 0 fully saturated rings. The van der Waals surface area contributed by atoms with E-state index in [0.717, 1.165) is 12.1 Å². The van der Waals surface area contributed by atoms with Crippen LogP contribution in [-0.4, -0.2) is 8.42 Å². The highest BCUT2D eigenvalue weighted by atomic mass is 35.7. The summed E-state index contributed by atoms with van der Waals surface area (Å²) in [6, 6.07) is 6.90. The molecule has 0 saturated heterocycles. The Kier molecular flexibility index (Phi) is 3.96. The molecule has 0 aliphatic heterocycles. The molecule has 0 heterocycles. The maximum absolute atomic E-state index is 13.4. The van der Waals surface area contributed by atoms with Crippen molar-refractivity contribution in [3.05, 3.63) is 53.6 Å². The molecule has 0 amide bonds. The summed E-state index contributed by atoms with van der Waals surface area (Å²) in [4.78, 5) is -0.0499. The van der Waals surface area contributed by atoms with Crippen LogP contribution in [-0.2, 0) is 9.05 Å². The van der Waals surface area contributed by atoms with Crippen LogP contribution in [0, 0.1) is 18.6 Å². The largest absolute Gasteiger partial charge is 0.454 e. The van der Waals surface area contributed by atoms with Gasteiger partial charge in [0.2, 0.25) is 0 Å². The Balaban J connectivity index is 2.34. The van der Waals surface area contributed by atoms with Crippen molar-refractivity contribution in [1.29, 1.82) is 0 Å². The van der Waals surface area contributed by atoms with Crippen LogP contribution in [0.5, 0.6) is 11.5 Å². The Morgan fingerprint density at radius 3 is 2.35 bits per heavy atom. The third kappa shape index (κ3) is 3.26. The number of hydrogen-bond acceptors (Lipinski definition) is 3. The van der Waals surface area contributed by atoms with Gasteiger partial charge in [0.15, 0.2) is 11.6 Å². The molecule has 0 spiro atoms. The van der Waals surface area contributed by atoms with Crippen molar-refractivity contribution in [1.82, 2.24) is 0 Å². The number of halogens is 3. The van der Waals surface area contributed by atoms with Crippen molar-refractivity contribution in [3.8, 4) is 11.5 Å². The fourth-order valence-electron chi connectivity index (χ4n) is 1.64. The van der Waals surface area contributed by atoms with Crippen LogP contribution in [0.2, 0.25) is 0 Å². The number of hydrogen-bond donors (Lipinski definition) is 0. The van der Waals surface area contributed by atoms with Crippen molar-refractivity contribution in [3.63, 3.8) is 0 Å². The predicted molar refractivity (Wildman–Crippen MR) is 70.6 cm³/mol. The molecule has 2 aromatic carbocycles. The zero-order valence-corrected chi connectivity index (χ0v) is 11.8. The third-order valence-corrected chi connectivity index (χ3v) is 4.01. The monoisotopic (exact) mass is 318 g/mol. The molecular formula is C13H9ClF2O3S. The van der Waals surface area contributed by atoms with E-state index >= 15 is 0 Å². The summed E-state index contributed by atoms with van der Waals surface area (Å²) in [5.74, 6) is -1.50. The van der Waals surface area contributed by atoms with Gasteiger partial charge in [0.1, 0.15) is 11.6 Å². The summed E-state index contributed by atoms with van der Waals surface area (Å²) in [6.07, 6.45) is 0. The number of benzene rings is 2. The molecule has 0 unspecified atom stereocenters. The Bertz CT molecular complexity index is 760. The minimum Gasteiger partial charge on any atom is -0.454 e. The second-order valence-electron chi connectivity index (χ2n) is 4.04. The quantitative estimate of drug-likeness (QED) is 0.804. The lowest BCUT2D eigenvalue weighted by Gasteiger charge is -2.09. The molecule has 0 atom stereocenters. The molecule has 20 heavy (non-hydrogen) atoms. The molecule has 0 aliphatic rings. The lowest BCUT2D eigenvalue weighted by molar-refractivity contribution is 0.437. The first-order chi connectivity index (χ1) is 9.27. The highest BCUT2D eigenvalue weighted by Gasteiger charge is 2.14. The molecule has 3 nitrogen and oxygen atoms in total. The van der Waals surface area contributed by atoms with E-state index in [1.54, 1.807) is 0 Å². The molecule has 2 aromatic rings. The maximum atomic E-state index is 13.4. The molecule has 0 radical (unpaired) electrons. The van der Waals surface area contributed by atoms with E-state index < -0.39 is 20.7 Å². The Morgan fingerprint density at radius 2 is 1.80 bits per heavy atom. The van der Waals surface area contributed by atoms with Gasteiger partial charge in [-0.1, -0.05) is 0 Å². The van der Waals surface area contributed by atoms with Gasteiger partial charge < -0.3 is 4.74 Å². The van der Waals surface area contributed by atoms with E-state index in [0.29, 0.717) is 11.6 Å². The van der Waals surface area contributed by atoms with E-state index in [-0.39, 0.29) is 16.4 Å². The zero-order chi connectivity index (χ0) is 14.9. The molecular weight excluding hydrogens is 310 g/mol. The number of rotatable bonds is 3. The van der Waals surface area contributed by atoms with E-state index in [9.17, 15) is 17.2 Å². The summed E-state index contributed by atoms with van der Waals surface area (Å²) in [5.41, 5.74) is 0.361. The van der Waals surface area contributed by atoms with Gasteiger partial charge in [-0.3, -0.25) is 0 Å². The number of ether oxygens (including phenoxy) is 1. The van der Waals surface area contributed by atoms with Gasteiger partial charge in [0, 0.05) is 16.7 Å². The summed E-state index contributed by atoms with van der Waals surface area (Å²) in [6.45, 7) is 1.53. The van der Waals surface area contributed by atoms with E-state index in [1.807, 2.05) is 0 Å². The Labute approximate surface area is 119 Å². The second kappa shape index (κ2) is 5.38. The van der Waals surface area contributed by atoms with Gasteiger partial charge in [-0.15, -0.1) is 0 Å². The Hall–Kier alpha value is -1.66. The van der Waals surface area contributed by atoms with Gasteiger partial charge in [0.05, 0.1) is 4.90 Å². The van der Waals surface area contributed by atoms with Crippen molar-refractivity contribution < 1.29 is 21.9 Å². The van der Waals surface area contributed by atoms with Gasteiger partial charge >= 0.3 is 0 Å². The van der Waals surface area contributed by atoms with Crippen LogP contribution in [0.3, 0.4) is 0 Å². The number of aryl methyl sites for hydroxylation is 1. The van der Waals surface area contributed by atoms with Crippen molar-refractivity contribution in [2.45, 2.75) is 11.8 Å². The highest BCUT2D eigenvalue weighted by Crippen LogP contribution is 2.28. The van der Waals surface area contributed by atoms with E-state index in [4.69, 9.17) is 15.4 Å². The Morgan fingerprint density at radius 1 is 1.10 bits per heavy atom. The molecule has 0 N–H and O–H groups in total. The lowest BCUT2D eigenvalue weighted by atomic mass is 10.2. The molecule has 2 rings (SSSR count). The first-order valence-corrected chi connectivity index (χ1v) is 7.76. The van der Waals surface area contributed by atoms with Gasteiger partial charge in [-0.2, -0.15) is 0 Å².